The molecule has 4 N–H and O–H groups in total. The third-order valence-corrected chi connectivity index (χ3v) is 3.68. The Morgan fingerprint density at radius 1 is 1.18 bits per heavy atom. The molecule has 1 saturated heterocycles. The molecule has 1 heterocycles. The van der Waals surface area contributed by atoms with Crippen molar-refractivity contribution in [1.82, 2.24) is 0 Å². The summed E-state index contributed by atoms with van der Waals surface area (Å²) in [6.45, 7) is 1.04. The first-order valence-corrected chi connectivity index (χ1v) is 7.29. The van der Waals surface area contributed by atoms with Crippen LogP contribution in [0.4, 0.5) is 11.4 Å². The van der Waals surface area contributed by atoms with Gasteiger partial charge < -0.3 is 25.6 Å². The van der Waals surface area contributed by atoms with Crippen LogP contribution in [0.1, 0.15) is 0 Å². The second kappa shape index (κ2) is 6.04. The van der Waals surface area contributed by atoms with Gasteiger partial charge in [-0.05, 0) is 36.4 Å². The van der Waals surface area contributed by atoms with Crippen LogP contribution >= 0.6 is 11.6 Å². The molecular formula is C16H17ClN2O3. The molecule has 0 spiro atoms. The fourth-order valence-corrected chi connectivity index (χ4v) is 2.22. The first kappa shape index (κ1) is 15.0. The molecule has 1 aliphatic rings. The van der Waals surface area contributed by atoms with Gasteiger partial charge in [-0.3, -0.25) is 0 Å². The summed E-state index contributed by atoms with van der Waals surface area (Å²) in [6, 6.07) is 12.5. The zero-order valence-electron chi connectivity index (χ0n) is 11.9. The molecule has 0 aliphatic carbocycles. The lowest BCUT2D eigenvalue weighted by Gasteiger charge is -2.36. The molecule has 0 bridgehead atoms. The Bertz CT molecular complexity index is 657. The molecule has 0 radical (unpaired) electrons. The Morgan fingerprint density at radius 3 is 2.50 bits per heavy atom. The van der Waals surface area contributed by atoms with E-state index in [4.69, 9.17) is 26.8 Å². The van der Waals surface area contributed by atoms with E-state index in [0.29, 0.717) is 47.7 Å². The Labute approximate surface area is 133 Å². The average Bonchev–Trinajstić information content (AvgIpc) is 2.48. The standard InChI is InChI=1S/C16H17ClN2O3/c17-11-1-3-12(4-2-11)22-13-5-6-14(18)15(7-13)19-8-16(20)9-21-10-16/h1-7,19-20H,8-10,18H2. The number of benzene rings is 2. The molecule has 6 heteroatoms. The highest BCUT2D eigenvalue weighted by molar-refractivity contribution is 6.30. The molecule has 0 atom stereocenters. The van der Waals surface area contributed by atoms with Crippen molar-refractivity contribution in [3.05, 3.63) is 47.5 Å². The number of aliphatic hydroxyl groups is 1. The molecule has 1 fully saturated rings. The summed E-state index contributed by atoms with van der Waals surface area (Å²) in [5, 5.41) is 13.8. The summed E-state index contributed by atoms with van der Waals surface area (Å²) in [4.78, 5) is 0. The van der Waals surface area contributed by atoms with Crippen molar-refractivity contribution in [2.45, 2.75) is 5.60 Å². The minimum Gasteiger partial charge on any atom is -0.457 e. The highest BCUT2D eigenvalue weighted by Gasteiger charge is 2.35. The van der Waals surface area contributed by atoms with E-state index in [1.165, 1.54) is 0 Å². The number of nitrogens with two attached hydrogens (primary N) is 1. The van der Waals surface area contributed by atoms with Crippen molar-refractivity contribution < 1.29 is 14.6 Å². The van der Waals surface area contributed by atoms with Gasteiger partial charge in [-0.1, -0.05) is 11.6 Å². The first-order valence-electron chi connectivity index (χ1n) is 6.91. The molecule has 116 valence electrons. The van der Waals surface area contributed by atoms with Crippen molar-refractivity contribution in [3.8, 4) is 11.5 Å². The number of halogens is 1. The quantitative estimate of drug-likeness (QED) is 0.738. The molecular weight excluding hydrogens is 304 g/mol. The highest BCUT2D eigenvalue weighted by atomic mass is 35.5. The molecule has 5 nitrogen and oxygen atoms in total. The second-order valence-electron chi connectivity index (χ2n) is 5.38. The molecule has 2 aromatic carbocycles. The number of ether oxygens (including phenoxy) is 2. The van der Waals surface area contributed by atoms with Crippen molar-refractivity contribution in [1.29, 1.82) is 0 Å². The predicted octanol–water partition coefficient (Wildman–Crippen LogP) is 2.89. The summed E-state index contributed by atoms with van der Waals surface area (Å²) in [5.74, 6) is 1.34. The predicted molar refractivity (Wildman–Crippen MR) is 86.6 cm³/mol. The molecule has 0 aromatic heterocycles. The lowest BCUT2D eigenvalue weighted by molar-refractivity contribution is -0.168. The third kappa shape index (κ3) is 3.44. The normalized spacial score (nSPS) is 15.9. The minimum atomic E-state index is -0.820. The van der Waals surface area contributed by atoms with Gasteiger partial charge in [0.2, 0.25) is 0 Å². The molecule has 3 rings (SSSR count). The molecule has 0 unspecified atom stereocenters. The number of anilines is 2. The van der Waals surface area contributed by atoms with Gasteiger partial charge >= 0.3 is 0 Å². The van der Waals surface area contributed by atoms with Gasteiger partial charge in [-0.2, -0.15) is 0 Å². The van der Waals surface area contributed by atoms with Crippen LogP contribution in [-0.4, -0.2) is 30.5 Å². The van der Waals surface area contributed by atoms with E-state index in [1.807, 2.05) is 0 Å². The topological polar surface area (TPSA) is 76.7 Å². The van der Waals surface area contributed by atoms with Crippen LogP contribution in [0.15, 0.2) is 42.5 Å². The van der Waals surface area contributed by atoms with Crippen LogP contribution < -0.4 is 15.8 Å². The van der Waals surface area contributed by atoms with Crippen LogP contribution in [0.5, 0.6) is 11.5 Å². The lowest BCUT2D eigenvalue weighted by Crippen LogP contribution is -2.54. The SMILES string of the molecule is Nc1ccc(Oc2ccc(Cl)cc2)cc1NCC1(O)COC1. The van der Waals surface area contributed by atoms with E-state index in [1.54, 1.807) is 42.5 Å². The van der Waals surface area contributed by atoms with Crippen molar-refractivity contribution in [2.24, 2.45) is 0 Å². The van der Waals surface area contributed by atoms with Gasteiger partial charge in [0, 0.05) is 17.6 Å². The van der Waals surface area contributed by atoms with E-state index in [-0.39, 0.29) is 0 Å². The van der Waals surface area contributed by atoms with Gasteiger partial charge in [0.25, 0.3) is 0 Å². The Balaban J connectivity index is 1.70. The lowest BCUT2D eigenvalue weighted by atomic mass is 10.0. The Hall–Kier alpha value is -1.95. The smallest absolute Gasteiger partial charge is 0.129 e. The zero-order valence-corrected chi connectivity index (χ0v) is 12.6. The number of hydrogen-bond acceptors (Lipinski definition) is 5. The van der Waals surface area contributed by atoms with Gasteiger partial charge in [0.1, 0.15) is 17.1 Å². The second-order valence-corrected chi connectivity index (χ2v) is 5.81. The summed E-state index contributed by atoms with van der Waals surface area (Å²) in [6.07, 6.45) is 0. The van der Waals surface area contributed by atoms with Crippen LogP contribution in [0.3, 0.4) is 0 Å². The number of nitrogens with one attached hydrogen (secondary N) is 1. The van der Waals surface area contributed by atoms with Crippen LogP contribution in [0.25, 0.3) is 0 Å². The third-order valence-electron chi connectivity index (χ3n) is 3.42. The summed E-state index contributed by atoms with van der Waals surface area (Å²) in [5.41, 5.74) is 6.43. The summed E-state index contributed by atoms with van der Waals surface area (Å²) < 4.78 is 10.8. The van der Waals surface area contributed by atoms with Crippen LogP contribution in [-0.2, 0) is 4.74 Å². The highest BCUT2D eigenvalue weighted by Crippen LogP contribution is 2.29. The van der Waals surface area contributed by atoms with E-state index in [2.05, 4.69) is 5.32 Å². The number of hydrogen-bond donors (Lipinski definition) is 3. The largest absolute Gasteiger partial charge is 0.457 e. The van der Waals surface area contributed by atoms with E-state index < -0.39 is 5.60 Å². The fraction of sp³-hybridized carbons (Fsp3) is 0.250. The molecule has 0 amide bonds. The Morgan fingerprint density at radius 2 is 1.86 bits per heavy atom. The average molecular weight is 321 g/mol. The van der Waals surface area contributed by atoms with Crippen molar-refractivity contribution in [2.75, 3.05) is 30.8 Å². The van der Waals surface area contributed by atoms with Gasteiger partial charge in [-0.25, -0.2) is 0 Å². The molecule has 1 aliphatic heterocycles. The maximum atomic E-state index is 10.0. The monoisotopic (exact) mass is 320 g/mol. The van der Waals surface area contributed by atoms with Crippen LogP contribution in [0, 0.1) is 0 Å². The van der Waals surface area contributed by atoms with Crippen molar-refractivity contribution in [3.63, 3.8) is 0 Å². The maximum Gasteiger partial charge on any atom is 0.129 e. The zero-order chi connectivity index (χ0) is 15.6. The first-order chi connectivity index (χ1) is 10.5. The van der Waals surface area contributed by atoms with Gasteiger partial charge in [0.15, 0.2) is 0 Å². The van der Waals surface area contributed by atoms with E-state index >= 15 is 0 Å². The van der Waals surface area contributed by atoms with E-state index in [0.717, 1.165) is 0 Å². The molecule has 22 heavy (non-hydrogen) atoms. The Kier molecular flexibility index (Phi) is 4.11. The van der Waals surface area contributed by atoms with Crippen molar-refractivity contribution >= 4 is 23.0 Å². The summed E-state index contributed by atoms with van der Waals surface area (Å²) >= 11 is 5.85. The van der Waals surface area contributed by atoms with Gasteiger partial charge in [0.05, 0.1) is 24.6 Å². The van der Waals surface area contributed by atoms with E-state index in [9.17, 15) is 5.11 Å². The fourth-order valence-electron chi connectivity index (χ4n) is 2.09. The van der Waals surface area contributed by atoms with Crippen LogP contribution in [0.2, 0.25) is 5.02 Å². The van der Waals surface area contributed by atoms with Gasteiger partial charge in [-0.15, -0.1) is 0 Å². The number of nitrogen functional groups attached to an aromatic ring is 1. The molecule has 0 saturated carbocycles. The minimum absolute atomic E-state index is 0.334. The maximum absolute atomic E-state index is 10.0. The molecule has 2 aromatic rings. The number of rotatable bonds is 5. The summed E-state index contributed by atoms with van der Waals surface area (Å²) in [7, 11) is 0.